The van der Waals surface area contributed by atoms with Crippen LogP contribution in [-0.4, -0.2) is 23.8 Å². The summed E-state index contributed by atoms with van der Waals surface area (Å²) >= 11 is 0. The average Bonchev–Trinajstić information content (AvgIpc) is 2.00. The molecule has 15 heavy (non-hydrogen) atoms. The summed E-state index contributed by atoms with van der Waals surface area (Å²) < 4.78 is 0. The van der Waals surface area contributed by atoms with Crippen molar-refractivity contribution in [2.75, 3.05) is 0 Å². The molecule has 5 nitrogen and oxygen atoms in total. The predicted octanol–water partition coefficient (Wildman–Crippen LogP) is 0.692. The fourth-order valence-electron chi connectivity index (χ4n) is 0.845. The van der Waals surface area contributed by atoms with Gasteiger partial charge in [0.25, 0.3) is 0 Å². The van der Waals surface area contributed by atoms with E-state index in [-0.39, 0.29) is 33.0 Å². The van der Waals surface area contributed by atoms with Gasteiger partial charge in [0.05, 0.1) is 0 Å². The van der Waals surface area contributed by atoms with Crippen molar-refractivity contribution < 1.29 is 17.2 Å². The third-order valence-corrected chi connectivity index (χ3v) is 1.56. The molecule has 0 heterocycles. The van der Waals surface area contributed by atoms with E-state index in [0.717, 1.165) is 0 Å². The fraction of sp³-hybridized carbons (Fsp3) is 0.700. The maximum atomic E-state index is 11.2. The van der Waals surface area contributed by atoms with Crippen molar-refractivity contribution in [3.8, 4) is 0 Å². The summed E-state index contributed by atoms with van der Waals surface area (Å²) in [6.45, 7) is 6.96. The Morgan fingerprint density at radius 3 is 2.00 bits per heavy atom. The molecular weight excluding hydrogens is 196 g/mol. The smallest absolute Gasteiger partial charge is 0.235 e. The molecule has 0 spiro atoms. The molecule has 0 fully saturated rings. The molecular formula is C10H22N2O3. The molecule has 0 rings (SSSR count). The van der Waals surface area contributed by atoms with Gasteiger partial charge in [0.2, 0.25) is 17.7 Å². The van der Waals surface area contributed by atoms with Gasteiger partial charge in [-0.2, -0.15) is 0 Å². The number of carbonyl (C=O) groups excluding carboxylic acids is 3. The second-order valence-electron chi connectivity index (χ2n) is 3.97. The van der Waals surface area contributed by atoms with E-state index in [2.05, 4.69) is 10.6 Å². The van der Waals surface area contributed by atoms with Crippen LogP contribution in [0.1, 0.15) is 37.0 Å². The molecule has 0 unspecified atom stereocenters. The highest BCUT2D eigenvalue weighted by Gasteiger charge is 2.14. The molecule has 0 saturated carbocycles. The van der Waals surface area contributed by atoms with E-state index in [0.29, 0.717) is 0 Å². The van der Waals surface area contributed by atoms with Crippen molar-refractivity contribution in [3.05, 3.63) is 0 Å². The predicted molar refractivity (Wildman–Crippen MR) is 60.1 cm³/mol. The van der Waals surface area contributed by atoms with Crippen LogP contribution in [0.4, 0.5) is 0 Å². The van der Waals surface area contributed by atoms with Crippen LogP contribution >= 0.6 is 0 Å². The molecule has 0 saturated heterocycles. The molecule has 0 aromatic rings. The number of hydrogen-bond donors (Lipinski definition) is 2. The van der Waals surface area contributed by atoms with Crippen LogP contribution in [0.3, 0.4) is 0 Å². The van der Waals surface area contributed by atoms with Crippen molar-refractivity contribution >= 4 is 17.7 Å². The Bertz CT molecular complexity index is 268. The van der Waals surface area contributed by atoms with E-state index in [4.69, 9.17) is 0 Å². The van der Waals surface area contributed by atoms with Crippen LogP contribution in [0.2, 0.25) is 0 Å². The standard InChI is InChI=1S/C10H18N2O3.2H2/c1-6(2)10(15)12-9(14)5-8(13)11-7(3)4;;/h6-7H,5H2,1-4H3,(H,11,13)(H,12,14,15);2*1H. The Morgan fingerprint density at radius 2 is 1.60 bits per heavy atom. The zero-order valence-electron chi connectivity index (χ0n) is 9.59. The van der Waals surface area contributed by atoms with Crippen LogP contribution in [0, 0.1) is 5.92 Å². The Hall–Kier alpha value is -1.39. The molecule has 3 amide bonds. The van der Waals surface area contributed by atoms with Crippen LogP contribution in [0.25, 0.3) is 0 Å². The molecule has 0 atom stereocenters. The summed E-state index contributed by atoms with van der Waals surface area (Å²) in [4.78, 5) is 33.4. The van der Waals surface area contributed by atoms with Gasteiger partial charge in [-0.3, -0.25) is 19.7 Å². The van der Waals surface area contributed by atoms with Crippen molar-refractivity contribution in [2.24, 2.45) is 5.92 Å². The van der Waals surface area contributed by atoms with E-state index in [9.17, 15) is 14.4 Å². The van der Waals surface area contributed by atoms with Crippen LogP contribution in [-0.2, 0) is 14.4 Å². The number of amides is 3. The van der Waals surface area contributed by atoms with Gasteiger partial charge in [-0.1, -0.05) is 13.8 Å². The van der Waals surface area contributed by atoms with E-state index in [1.807, 2.05) is 0 Å². The van der Waals surface area contributed by atoms with Crippen molar-refractivity contribution in [1.29, 1.82) is 0 Å². The van der Waals surface area contributed by atoms with Crippen molar-refractivity contribution in [1.82, 2.24) is 10.6 Å². The third-order valence-electron chi connectivity index (χ3n) is 1.56. The zero-order valence-corrected chi connectivity index (χ0v) is 9.59. The summed E-state index contributed by atoms with van der Waals surface area (Å²) in [7, 11) is 0. The second-order valence-corrected chi connectivity index (χ2v) is 3.97. The second kappa shape index (κ2) is 6.16. The molecule has 2 N–H and O–H groups in total. The molecule has 5 heteroatoms. The van der Waals surface area contributed by atoms with Crippen LogP contribution in [0.5, 0.6) is 0 Å². The molecule has 0 radical (unpaired) electrons. The lowest BCUT2D eigenvalue weighted by atomic mass is 10.2. The van der Waals surface area contributed by atoms with Crippen molar-refractivity contribution in [2.45, 2.75) is 40.2 Å². The van der Waals surface area contributed by atoms with Crippen molar-refractivity contribution in [3.63, 3.8) is 0 Å². The minimum absolute atomic E-state index is 0. The maximum Gasteiger partial charge on any atom is 0.235 e. The van der Waals surface area contributed by atoms with E-state index < -0.39 is 5.91 Å². The molecule has 90 valence electrons. The van der Waals surface area contributed by atoms with Gasteiger partial charge in [-0.25, -0.2) is 0 Å². The number of imide groups is 1. The highest BCUT2D eigenvalue weighted by atomic mass is 16.2. The minimum atomic E-state index is -0.563. The normalized spacial score (nSPS) is 10.3. The first-order valence-electron chi connectivity index (χ1n) is 4.96. The highest BCUT2D eigenvalue weighted by Crippen LogP contribution is 1.91. The van der Waals surface area contributed by atoms with Gasteiger partial charge in [0.15, 0.2) is 0 Å². The van der Waals surface area contributed by atoms with Gasteiger partial charge >= 0.3 is 0 Å². The zero-order chi connectivity index (χ0) is 12.0. The SMILES string of the molecule is CC(C)NC(=O)CC(=O)NC(=O)C(C)C.[HH].[HH]. The van der Waals surface area contributed by atoms with Gasteiger partial charge in [-0.15, -0.1) is 0 Å². The van der Waals surface area contributed by atoms with Crippen LogP contribution in [0.15, 0.2) is 0 Å². The monoisotopic (exact) mass is 218 g/mol. The van der Waals surface area contributed by atoms with Gasteiger partial charge in [0, 0.05) is 14.8 Å². The number of nitrogens with one attached hydrogen (secondary N) is 2. The summed E-state index contributed by atoms with van der Waals surface area (Å²) in [6, 6.07) is -0.00824. The lowest BCUT2D eigenvalue weighted by molar-refractivity contribution is -0.134. The first kappa shape index (κ1) is 13.6. The summed E-state index contributed by atoms with van der Waals surface area (Å²) in [5.74, 6) is -1.56. The molecule has 0 bridgehead atoms. The lowest BCUT2D eigenvalue weighted by Crippen LogP contribution is -2.38. The number of hydrogen-bond acceptors (Lipinski definition) is 3. The first-order chi connectivity index (χ1) is 6.82. The molecule has 0 aliphatic rings. The summed E-state index contributed by atoms with van der Waals surface area (Å²) in [5.41, 5.74) is 0. The molecule has 0 aromatic heterocycles. The lowest BCUT2D eigenvalue weighted by Gasteiger charge is -2.09. The first-order valence-corrected chi connectivity index (χ1v) is 4.96. The Kier molecular flexibility index (Phi) is 5.59. The van der Waals surface area contributed by atoms with E-state index in [1.165, 1.54) is 0 Å². The topological polar surface area (TPSA) is 75.3 Å². The Labute approximate surface area is 92.6 Å². The van der Waals surface area contributed by atoms with E-state index >= 15 is 0 Å². The largest absolute Gasteiger partial charge is 0.353 e. The summed E-state index contributed by atoms with van der Waals surface area (Å²) in [6.07, 6.45) is -0.309. The van der Waals surface area contributed by atoms with Crippen LogP contribution < -0.4 is 10.6 Å². The quantitative estimate of drug-likeness (QED) is 0.682. The van der Waals surface area contributed by atoms with Gasteiger partial charge in [0.1, 0.15) is 6.42 Å². The van der Waals surface area contributed by atoms with E-state index in [1.54, 1.807) is 27.7 Å². The number of carbonyl (C=O) groups is 3. The van der Waals surface area contributed by atoms with Gasteiger partial charge in [-0.05, 0) is 13.8 Å². The summed E-state index contributed by atoms with van der Waals surface area (Å²) in [5, 5.41) is 4.71. The number of rotatable bonds is 4. The maximum absolute atomic E-state index is 11.2. The average molecular weight is 218 g/mol. The third kappa shape index (κ3) is 6.65. The Balaban J connectivity index is -0.000000980. The van der Waals surface area contributed by atoms with Gasteiger partial charge < -0.3 is 5.32 Å². The minimum Gasteiger partial charge on any atom is -0.353 e. The molecule has 0 aliphatic heterocycles. The molecule has 0 aliphatic carbocycles. The Morgan fingerprint density at radius 1 is 1.07 bits per heavy atom. The molecule has 0 aromatic carbocycles. The fourth-order valence-corrected chi connectivity index (χ4v) is 0.845. The highest BCUT2D eigenvalue weighted by molar-refractivity contribution is 6.04.